The Morgan fingerprint density at radius 3 is 2.67 bits per heavy atom. The van der Waals surface area contributed by atoms with Crippen LogP contribution in [0.15, 0.2) is 35.5 Å². The van der Waals surface area contributed by atoms with Gasteiger partial charge in [-0.3, -0.25) is 4.79 Å². The molecule has 6 nitrogen and oxygen atoms in total. The quantitative estimate of drug-likeness (QED) is 0.348. The van der Waals surface area contributed by atoms with Crippen molar-refractivity contribution in [2.45, 2.75) is 13.0 Å². The van der Waals surface area contributed by atoms with Crippen LogP contribution in [0, 0.1) is 0 Å². The van der Waals surface area contributed by atoms with Crippen LogP contribution in [0.2, 0.25) is 0 Å². The first kappa shape index (κ1) is 13.8. The van der Waals surface area contributed by atoms with E-state index in [-0.39, 0.29) is 18.3 Å². The van der Waals surface area contributed by atoms with Gasteiger partial charge in [-0.15, -0.1) is 0 Å². The first-order valence-electron chi connectivity index (χ1n) is 5.47. The number of oxime groups is 1. The lowest BCUT2D eigenvalue weighted by Crippen LogP contribution is -2.45. The number of hydrogen-bond acceptors (Lipinski definition) is 4. The van der Waals surface area contributed by atoms with Crippen LogP contribution in [0.1, 0.15) is 6.92 Å². The first-order valence-corrected chi connectivity index (χ1v) is 5.47. The van der Waals surface area contributed by atoms with Crippen LogP contribution in [0.3, 0.4) is 0 Å². The topological polar surface area (TPSA) is 88.2 Å². The molecule has 0 spiro atoms. The van der Waals surface area contributed by atoms with E-state index in [0.717, 1.165) is 0 Å². The van der Waals surface area contributed by atoms with Crippen LogP contribution in [0.25, 0.3) is 0 Å². The number of amidine groups is 1. The van der Waals surface area contributed by atoms with Gasteiger partial charge in [0, 0.05) is 7.05 Å². The molecule has 1 aromatic rings. The van der Waals surface area contributed by atoms with Crippen LogP contribution in [0.5, 0.6) is 5.75 Å². The van der Waals surface area contributed by atoms with Crippen molar-refractivity contribution in [3.05, 3.63) is 30.3 Å². The molecule has 0 fully saturated rings. The van der Waals surface area contributed by atoms with E-state index in [1.165, 1.54) is 4.90 Å². The molecule has 0 aromatic heterocycles. The molecule has 1 unspecified atom stereocenters. The van der Waals surface area contributed by atoms with Gasteiger partial charge in [-0.25, -0.2) is 0 Å². The van der Waals surface area contributed by atoms with Crippen LogP contribution >= 0.6 is 0 Å². The van der Waals surface area contributed by atoms with Gasteiger partial charge in [-0.2, -0.15) is 0 Å². The van der Waals surface area contributed by atoms with E-state index in [1.807, 2.05) is 18.2 Å². The fraction of sp³-hybridized carbons (Fsp3) is 0.333. The van der Waals surface area contributed by atoms with Gasteiger partial charge >= 0.3 is 0 Å². The molecule has 0 saturated heterocycles. The van der Waals surface area contributed by atoms with Crippen molar-refractivity contribution in [2.24, 2.45) is 10.9 Å². The highest BCUT2D eigenvalue weighted by Crippen LogP contribution is 2.08. The lowest BCUT2D eigenvalue weighted by atomic mass is 10.3. The normalized spacial score (nSPS) is 12.9. The van der Waals surface area contributed by atoms with Crippen molar-refractivity contribution in [2.75, 3.05) is 13.7 Å². The number of benzene rings is 1. The molecule has 18 heavy (non-hydrogen) atoms. The number of hydrogen-bond donors (Lipinski definition) is 2. The second-order valence-corrected chi connectivity index (χ2v) is 3.81. The zero-order valence-corrected chi connectivity index (χ0v) is 10.4. The number of nitrogens with zero attached hydrogens (tertiary/aromatic N) is 2. The number of likely N-dealkylation sites (N-methyl/N-ethyl adjacent to an activating group) is 1. The third kappa shape index (κ3) is 3.65. The molecule has 0 heterocycles. The lowest BCUT2D eigenvalue weighted by molar-refractivity contribution is -0.132. The molecule has 98 valence electrons. The van der Waals surface area contributed by atoms with Gasteiger partial charge in [0.2, 0.25) is 0 Å². The maximum absolute atomic E-state index is 11.8. The minimum Gasteiger partial charge on any atom is -0.484 e. The van der Waals surface area contributed by atoms with E-state index in [1.54, 1.807) is 26.1 Å². The second-order valence-electron chi connectivity index (χ2n) is 3.81. The molecule has 0 bridgehead atoms. The summed E-state index contributed by atoms with van der Waals surface area (Å²) in [6.45, 7) is 1.57. The summed E-state index contributed by atoms with van der Waals surface area (Å²) in [5.74, 6) is 0.346. The maximum atomic E-state index is 11.8. The van der Waals surface area contributed by atoms with Crippen molar-refractivity contribution in [1.29, 1.82) is 0 Å². The molecule has 0 aliphatic rings. The van der Waals surface area contributed by atoms with Crippen molar-refractivity contribution in [3.63, 3.8) is 0 Å². The zero-order valence-electron chi connectivity index (χ0n) is 10.4. The third-order valence-electron chi connectivity index (χ3n) is 2.62. The number of nitrogens with two attached hydrogens (primary N) is 1. The second kappa shape index (κ2) is 6.48. The predicted octanol–water partition coefficient (Wildman–Crippen LogP) is 0.659. The molecule has 3 N–H and O–H groups in total. The van der Waals surface area contributed by atoms with Crippen LogP contribution < -0.4 is 10.5 Å². The number of ether oxygens (including phenoxy) is 1. The SMILES string of the molecule is CC(C(N)=NO)N(C)C(=O)COc1ccccc1. The van der Waals surface area contributed by atoms with E-state index >= 15 is 0 Å². The van der Waals surface area contributed by atoms with Gasteiger partial charge in [0.25, 0.3) is 5.91 Å². The molecule has 0 radical (unpaired) electrons. The van der Waals surface area contributed by atoms with Crippen molar-refractivity contribution in [3.8, 4) is 5.75 Å². The summed E-state index contributed by atoms with van der Waals surface area (Å²) in [6, 6.07) is 8.55. The Hall–Kier alpha value is -2.24. The molecule has 1 aromatic carbocycles. The fourth-order valence-electron chi connectivity index (χ4n) is 1.26. The average Bonchev–Trinajstić information content (AvgIpc) is 2.43. The Kier molecular flexibility index (Phi) is 4.98. The number of carbonyl (C=O) groups is 1. The predicted molar refractivity (Wildman–Crippen MR) is 67.6 cm³/mol. The minimum absolute atomic E-state index is 0.0226. The molecule has 6 heteroatoms. The molecule has 1 rings (SSSR count). The van der Waals surface area contributed by atoms with Crippen LogP contribution in [-0.4, -0.2) is 41.5 Å². The maximum Gasteiger partial charge on any atom is 0.260 e. The molecular weight excluding hydrogens is 234 g/mol. The van der Waals surface area contributed by atoms with Crippen molar-refractivity contribution >= 4 is 11.7 Å². The number of carbonyl (C=O) groups excluding carboxylic acids is 1. The Bertz CT molecular complexity index is 420. The number of para-hydroxylation sites is 1. The van der Waals surface area contributed by atoms with Gasteiger partial charge in [0.1, 0.15) is 5.75 Å². The highest BCUT2D eigenvalue weighted by Gasteiger charge is 2.19. The van der Waals surface area contributed by atoms with Gasteiger partial charge in [0.15, 0.2) is 12.4 Å². The van der Waals surface area contributed by atoms with Gasteiger partial charge < -0.3 is 20.6 Å². The number of rotatable bonds is 5. The zero-order chi connectivity index (χ0) is 13.5. The fourth-order valence-corrected chi connectivity index (χ4v) is 1.26. The van der Waals surface area contributed by atoms with E-state index in [4.69, 9.17) is 15.7 Å². The molecule has 0 aliphatic heterocycles. The molecule has 0 aliphatic carbocycles. The third-order valence-corrected chi connectivity index (χ3v) is 2.62. The monoisotopic (exact) mass is 251 g/mol. The molecular formula is C12H17N3O3. The Balaban J connectivity index is 2.51. The summed E-state index contributed by atoms with van der Waals surface area (Å²) in [5, 5.41) is 11.4. The summed E-state index contributed by atoms with van der Waals surface area (Å²) in [7, 11) is 1.57. The Morgan fingerprint density at radius 2 is 2.11 bits per heavy atom. The van der Waals surface area contributed by atoms with Crippen molar-refractivity contribution in [1.82, 2.24) is 4.90 Å². The van der Waals surface area contributed by atoms with Crippen molar-refractivity contribution < 1.29 is 14.7 Å². The van der Waals surface area contributed by atoms with Gasteiger partial charge in [0.05, 0.1) is 6.04 Å². The summed E-state index contributed by atoms with van der Waals surface area (Å²) in [6.07, 6.45) is 0. The summed E-state index contributed by atoms with van der Waals surface area (Å²) < 4.78 is 5.32. The molecule has 1 atom stereocenters. The molecule has 1 amide bonds. The Morgan fingerprint density at radius 1 is 1.50 bits per heavy atom. The Labute approximate surface area is 106 Å². The lowest BCUT2D eigenvalue weighted by Gasteiger charge is -2.23. The highest BCUT2D eigenvalue weighted by molar-refractivity contribution is 5.89. The summed E-state index contributed by atoms with van der Waals surface area (Å²) in [4.78, 5) is 13.1. The van der Waals surface area contributed by atoms with Gasteiger partial charge in [-0.1, -0.05) is 23.4 Å². The highest BCUT2D eigenvalue weighted by atomic mass is 16.5. The van der Waals surface area contributed by atoms with E-state index in [2.05, 4.69) is 5.16 Å². The van der Waals surface area contributed by atoms with Crippen LogP contribution in [0.4, 0.5) is 0 Å². The first-order chi connectivity index (χ1) is 8.56. The minimum atomic E-state index is -0.484. The van der Waals surface area contributed by atoms with E-state index < -0.39 is 6.04 Å². The van der Waals surface area contributed by atoms with E-state index in [9.17, 15) is 4.79 Å². The summed E-state index contributed by atoms with van der Waals surface area (Å²) >= 11 is 0. The number of amides is 1. The van der Waals surface area contributed by atoms with Gasteiger partial charge in [-0.05, 0) is 19.1 Å². The largest absolute Gasteiger partial charge is 0.484 e. The smallest absolute Gasteiger partial charge is 0.260 e. The molecule has 0 saturated carbocycles. The summed E-state index contributed by atoms with van der Waals surface area (Å²) in [5.41, 5.74) is 5.43. The van der Waals surface area contributed by atoms with Crippen LogP contribution in [-0.2, 0) is 4.79 Å². The average molecular weight is 251 g/mol. The van der Waals surface area contributed by atoms with E-state index in [0.29, 0.717) is 5.75 Å². The standard InChI is InChI=1S/C12H17N3O3/c1-9(12(13)14-17)15(2)11(16)8-18-10-6-4-3-5-7-10/h3-7,9,17H,8H2,1-2H3,(H2,13,14).